The van der Waals surface area contributed by atoms with Crippen LogP contribution < -0.4 is 4.74 Å². The molecule has 0 spiro atoms. The fourth-order valence-electron chi connectivity index (χ4n) is 1.45. The standard InChI is InChI=1S/C13H13ClN2O/c1-9-4-3-5-12(10(9)2)17-8-11-6-7-13(14)16-15-11/h3-7H,8H2,1-2H3. The monoisotopic (exact) mass is 248 g/mol. The summed E-state index contributed by atoms with van der Waals surface area (Å²) in [6, 6.07) is 9.50. The molecule has 3 nitrogen and oxygen atoms in total. The molecule has 1 aromatic carbocycles. The SMILES string of the molecule is Cc1cccc(OCc2ccc(Cl)nn2)c1C. The zero-order valence-electron chi connectivity index (χ0n) is 9.77. The van der Waals surface area contributed by atoms with Crippen molar-refractivity contribution in [1.29, 1.82) is 0 Å². The van der Waals surface area contributed by atoms with Crippen molar-refractivity contribution in [3.63, 3.8) is 0 Å². The van der Waals surface area contributed by atoms with Crippen molar-refractivity contribution >= 4 is 11.6 Å². The van der Waals surface area contributed by atoms with Crippen LogP contribution in [0.1, 0.15) is 16.8 Å². The minimum absolute atomic E-state index is 0.389. The van der Waals surface area contributed by atoms with Crippen LogP contribution in [0.25, 0.3) is 0 Å². The topological polar surface area (TPSA) is 35.0 Å². The Morgan fingerprint density at radius 3 is 2.65 bits per heavy atom. The van der Waals surface area contributed by atoms with Crippen LogP contribution in [0, 0.1) is 13.8 Å². The van der Waals surface area contributed by atoms with Crippen molar-refractivity contribution in [2.45, 2.75) is 20.5 Å². The highest BCUT2D eigenvalue weighted by Crippen LogP contribution is 2.21. The molecule has 4 heteroatoms. The first-order valence-electron chi connectivity index (χ1n) is 5.34. The van der Waals surface area contributed by atoms with E-state index in [-0.39, 0.29) is 0 Å². The number of nitrogens with zero attached hydrogens (tertiary/aromatic N) is 2. The molecule has 0 saturated heterocycles. The van der Waals surface area contributed by atoms with Crippen molar-refractivity contribution in [1.82, 2.24) is 10.2 Å². The number of aromatic nitrogens is 2. The molecule has 17 heavy (non-hydrogen) atoms. The number of hydrogen-bond acceptors (Lipinski definition) is 3. The molecule has 2 rings (SSSR count). The maximum Gasteiger partial charge on any atom is 0.151 e. The first-order chi connectivity index (χ1) is 8.16. The van der Waals surface area contributed by atoms with Gasteiger partial charge in [-0.2, -0.15) is 5.10 Å². The van der Waals surface area contributed by atoms with E-state index in [2.05, 4.69) is 23.2 Å². The molecule has 1 aromatic heterocycles. The lowest BCUT2D eigenvalue weighted by Crippen LogP contribution is -2.01. The largest absolute Gasteiger partial charge is 0.487 e. The number of aryl methyl sites for hydroxylation is 1. The zero-order valence-corrected chi connectivity index (χ0v) is 10.5. The molecule has 0 aliphatic heterocycles. The third kappa shape index (κ3) is 2.94. The van der Waals surface area contributed by atoms with E-state index in [1.54, 1.807) is 12.1 Å². The lowest BCUT2D eigenvalue weighted by Gasteiger charge is -2.10. The van der Waals surface area contributed by atoms with E-state index < -0.39 is 0 Å². The Morgan fingerprint density at radius 2 is 1.94 bits per heavy atom. The van der Waals surface area contributed by atoms with Gasteiger partial charge in [0, 0.05) is 0 Å². The Labute approximate surface area is 105 Å². The minimum Gasteiger partial charge on any atom is -0.487 e. The third-order valence-corrected chi connectivity index (χ3v) is 2.82. The van der Waals surface area contributed by atoms with Gasteiger partial charge in [-0.1, -0.05) is 23.7 Å². The van der Waals surface area contributed by atoms with E-state index in [1.807, 2.05) is 19.1 Å². The molecule has 2 aromatic rings. The van der Waals surface area contributed by atoms with E-state index in [0.29, 0.717) is 11.8 Å². The lowest BCUT2D eigenvalue weighted by atomic mass is 10.1. The van der Waals surface area contributed by atoms with Gasteiger partial charge in [-0.25, -0.2) is 0 Å². The molecule has 0 aliphatic rings. The summed E-state index contributed by atoms with van der Waals surface area (Å²) in [5.41, 5.74) is 3.12. The van der Waals surface area contributed by atoms with Crippen LogP contribution >= 0.6 is 11.6 Å². The predicted molar refractivity (Wildman–Crippen MR) is 67.3 cm³/mol. The first kappa shape index (κ1) is 11.9. The van der Waals surface area contributed by atoms with Crippen molar-refractivity contribution in [2.24, 2.45) is 0 Å². The third-order valence-electron chi connectivity index (χ3n) is 2.62. The van der Waals surface area contributed by atoms with Gasteiger partial charge in [0.15, 0.2) is 5.15 Å². The zero-order chi connectivity index (χ0) is 12.3. The van der Waals surface area contributed by atoms with Gasteiger partial charge in [-0.15, -0.1) is 5.10 Å². The summed E-state index contributed by atoms with van der Waals surface area (Å²) in [6.45, 7) is 4.50. The maximum atomic E-state index is 5.70. The van der Waals surface area contributed by atoms with Crippen LogP contribution in [0.15, 0.2) is 30.3 Å². The Bertz CT molecular complexity index is 511. The van der Waals surface area contributed by atoms with Gasteiger partial charge in [0.1, 0.15) is 18.1 Å². The summed E-state index contributed by atoms with van der Waals surface area (Å²) < 4.78 is 5.70. The second kappa shape index (κ2) is 5.15. The smallest absolute Gasteiger partial charge is 0.151 e. The second-order valence-electron chi connectivity index (χ2n) is 3.83. The molecular formula is C13H13ClN2O. The minimum atomic E-state index is 0.389. The number of ether oxygens (including phenoxy) is 1. The summed E-state index contributed by atoms with van der Waals surface area (Å²) in [5.74, 6) is 0.877. The van der Waals surface area contributed by atoms with E-state index in [9.17, 15) is 0 Å². The van der Waals surface area contributed by atoms with Crippen LogP contribution in [0.2, 0.25) is 5.15 Å². The quantitative estimate of drug-likeness (QED) is 0.836. The average molecular weight is 249 g/mol. The van der Waals surface area contributed by atoms with Crippen molar-refractivity contribution < 1.29 is 4.74 Å². The molecular weight excluding hydrogens is 236 g/mol. The summed E-state index contributed by atoms with van der Waals surface area (Å²) in [4.78, 5) is 0. The lowest BCUT2D eigenvalue weighted by molar-refractivity contribution is 0.297. The molecule has 0 amide bonds. The Hall–Kier alpha value is -1.61. The highest BCUT2D eigenvalue weighted by molar-refractivity contribution is 6.29. The van der Waals surface area contributed by atoms with Gasteiger partial charge in [0.05, 0.1) is 0 Å². The summed E-state index contributed by atoms with van der Waals surface area (Å²) >= 11 is 5.66. The van der Waals surface area contributed by atoms with E-state index >= 15 is 0 Å². The van der Waals surface area contributed by atoms with Crippen LogP contribution in [-0.2, 0) is 6.61 Å². The van der Waals surface area contributed by atoms with Crippen molar-refractivity contribution in [3.05, 3.63) is 52.3 Å². The number of halogens is 1. The molecule has 88 valence electrons. The van der Waals surface area contributed by atoms with Crippen molar-refractivity contribution in [3.8, 4) is 5.75 Å². The average Bonchev–Trinajstić information content (AvgIpc) is 2.33. The van der Waals surface area contributed by atoms with Gasteiger partial charge in [0.25, 0.3) is 0 Å². The molecule has 0 bridgehead atoms. The molecule has 0 radical (unpaired) electrons. The van der Waals surface area contributed by atoms with Gasteiger partial charge < -0.3 is 4.74 Å². The van der Waals surface area contributed by atoms with E-state index in [0.717, 1.165) is 17.0 Å². The highest BCUT2D eigenvalue weighted by Gasteiger charge is 2.03. The fourth-order valence-corrected chi connectivity index (χ4v) is 1.55. The van der Waals surface area contributed by atoms with Gasteiger partial charge in [0.2, 0.25) is 0 Å². The van der Waals surface area contributed by atoms with Crippen molar-refractivity contribution in [2.75, 3.05) is 0 Å². The van der Waals surface area contributed by atoms with E-state index in [4.69, 9.17) is 16.3 Å². The maximum absolute atomic E-state index is 5.70. The van der Waals surface area contributed by atoms with Crippen LogP contribution in [0.3, 0.4) is 0 Å². The molecule has 0 unspecified atom stereocenters. The molecule has 0 atom stereocenters. The number of rotatable bonds is 3. The first-order valence-corrected chi connectivity index (χ1v) is 5.72. The fraction of sp³-hybridized carbons (Fsp3) is 0.231. The Kier molecular flexibility index (Phi) is 3.59. The Balaban J connectivity index is 2.07. The van der Waals surface area contributed by atoms with Crippen LogP contribution in [0.4, 0.5) is 0 Å². The number of hydrogen-bond donors (Lipinski definition) is 0. The molecule has 0 fully saturated rings. The van der Waals surface area contributed by atoms with Crippen LogP contribution in [-0.4, -0.2) is 10.2 Å². The van der Waals surface area contributed by atoms with E-state index in [1.165, 1.54) is 5.56 Å². The van der Waals surface area contributed by atoms with Gasteiger partial charge in [-0.05, 0) is 43.2 Å². The second-order valence-corrected chi connectivity index (χ2v) is 4.22. The number of benzene rings is 1. The Morgan fingerprint density at radius 1 is 1.12 bits per heavy atom. The summed E-state index contributed by atoms with van der Waals surface area (Å²) in [6.07, 6.45) is 0. The molecule has 1 heterocycles. The molecule has 0 aliphatic carbocycles. The predicted octanol–water partition coefficient (Wildman–Crippen LogP) is 3.33. The normalized spacial score (nSPS) is 10.3. The summed E-state index contributed by atoms with van der Waals surface area (Å²) in [5, 5.41) is 8.09. The summed E-state index contributed by atoms with van der Waals surface area (Å²) in [7, 11) is 0. The molecule has 0 N–H and O–H groups in total. The van der Waals surface area contributed by atoms with Crippen LogP contribution in [0.5, 0.6) is 5.75 Å². The van der Waals surface area contributed by atoms with Gasteiger partial charge >= 0.3 is 0 Å². The van der Waals surface area contributed by atoms with Gasteiger partial charge in [-0.3, -0.25) is 0 Å². The highest BCUT2D eigenvalue weighted by atomic mass is 35.5. The molecule has 0 saturated carbocycles.